The number of nitrogens with two attached hydrogens (primary N) is 1. The van der Waals surface area contributed by atoms with Crippen molar-refractivity contribution in [2.45, 2.75) is 19.4 Å². The molecule has 1 unspecified atom stereocenters. The van der Waals surface area contributed by atoms with Crippen LogP contribution in [0.2, 0.25) is 0 Å². The van der Waals surface area contributed by atoms with Crippen molar-refractivity contribution < 1.29 is 4.92 Å². The molecule has 0 amide bonds. The minimum Gasteiger partial charge on any atom is -0.364 e. The first kappa shape index (κ1) is 11.4. The van der Waals surface area contributed by atoms with Gasteiger partial charge in [0.15, 0.2) is 0 Å². The third-order valence-electron chi connectivity index (χ3n) is 1.98. The number of rotatable bonds is 5. The molecule has 7 nitrogen and oxygen atoms in total. The standard InChI is InChI=1S/C8H15N5O2/c1-6(9)3-4-10-7-8(13(14)15)11-5-12(7)2/h5-6,10H,3-4,9H2,1-2H3. The van der Waals surface area contributed by atoms with E-state index in [0.717, 1.165) is 6.42 Å². The van der Waals surface area contributed by atoms with Gasteiger partial charge in [-0.25, -0.2) is 0 Å². The number of hydrogen-bond acceptors (Lipinski definition) is 5. The second-order valence-electron chi connectivity index (χ2n) is 3.48. The second kappa shape index (κ2) is 4.74. The first-order chi connectivity index (χ1) is 7.02. The van der Waals surface area contributed by atoms with E-state index in [4.69, 9.17) is 5.73 Å². The highest BCUT2D eigenvalue weighted by molar-refractivity contribution is 5.51. The predicted molar refractivity (Wildman–Crippen MR) is 56.6 cm³/mol. The number of aromatic nitrogens is 2. The Bertz CT molecular complexity index is 347. The van der Waals surface area contributed by atoms with Gasteiger partial charge in [0.05, 0.1) is 0 Å². The predicted octanol–water partition coefficient (Wildman–Crippen LogP) is 0.477. The Labute approximate surface area is 87.4 Å². The van der Waals surface area contributed by atoms with Crippen LogP contribution in [0.4, 0.5) is 11.6 Å². The molecule has 7 heteroatoms. The summed E-state index contributed by atoms with van der Waals surface area (Å²) in [5, 5.41) is 13.6. The summed E-state index contributed by atoms with van der Waals surface area (Å²) in [7, 11) is 1.70. The Morgan fingerprint density at radius 1 is 1.80 bits per heavy atom. The first-order valence-corrected chi connectivity index (χ1v) is 4.67. The van der Waals surface area contributed by atoms with Gasteiger partial charge in [-0.15, -0.1) is 0 Å². The molecule has 1 aromatic heterocycles. The Hall–Kier alpha value is -1.63. The van der Waals surface area contributed by atoms with Crippen LogP contribution in [0.15, 0.2) is 6.33 Å². The summed E-state index contributed by atoms with van der Waals surface area (Å²) in [6.07, 6.45) is 2.16. The van der Waals surface area contributed by atoms with E-state index in [9.17, 15) is 10.1 Å². The lowest BCUT2D eigenvalue weighted by Crippen LogP contribution is -2.20. The molecule has 0 saturated heterocycles. The molecule has 0 aliphatic rings. The van der Waals surface area contributed by atoms with Crippen LogP contribution in [0.1, 0.15) is 13.3 Å². The van der Waals surface area contributed by atoms with E-state index in [2.05, 4.69) is 10.3 Å². The molecule has 1 rings (SSSR count). The van der Waals surface area contributed by atoms with Crippen LogP contribution in [0.5, 0.6) is 0 Å². The Morgan fingerprint density at radius 2 is 2.47 bits per heavy atom. The molecule has 0 aliphatic carbocycles. The van der Waals surface area contributed by atoms with Crippen molar-refractivity contribution in [2.24, 2.45) is 12.8 Å². The molecule has 84 valence electrons. The van der Waals surface area contributed by atoms with Gasteiger partial charge in [-0.3, -0.25) is 4.57 Å². The molecule has 15 heavy (non-hydrogen) atoms. The molecule has 0 fully saturated rings. The highest BCUT2D eigenvalue weighted by atomic mass is 16.6. The summed E-state index contributed by atoms with van der Waals surface area (Å²) in [6.45, 7) is 2.48. The number of hydrogen-bond donors (Lipinski definition) is 2. The van der Waals surface area contributed by atoms with Crippen molar-refractivity contribution >= 4 is 11.6 Å². The van der Waals surface area contributed by atoms with Gasteiger partial charge in [0.1, 0.15) is 0 Å². The summed E-state index contributed by atoms with van der Waals surface area (Å²) in [6, 6.07) is 0.0739. The van der Waals surface area contributed by atoms with E-state index >= 15 is 0 Å². The largest absolute Gasteiger partial charge is 0.406 e. The number of anilines is 1. The first-order valence-electron chi connectivity index (χ1n) is 4.67. The molecular weight excluding hydrogens is 198 g/mol. The molecule has 0 aromatic carbocycles. The summed E-state index contributed by atoms with van der Waals surface area (Å²) < 4.78 is 1.58. The van der Waals surface area contributed by atoms with Crippen LogP contribution in [0.25, 0.3) is 0 Å². The van der Waals surface area contributed by atoms with E-state index in [0.29, 0.717) is 12.4 Å². The zero-order valence-corrected chi connectivity index (χ0v) is 8.80. The van der Waals surface area contributed by atoms with E-state index in [-0.39, 0.29) is 11.9 Å². The van der Waals surface area contributed by atoms with Crippen LogP contribution in [0.3, 0.4) is 0 Å². The minimum absolute atomic E-state index is 0.0739. The van der Waals surface area contributed by atoms with Gasteiger partial charge in [-0.1, -0.05) is 0 Å². The molecule has 0 aliphatic heterocycles. The molecule has 0 spiro atoms. The van der Waals surface area contributed by atoms with Gasteiger partial charge >= 0.3 is 5.82 Å². The zero-order chi connectivity index (χ0) is 11.4. The van der Waals surface area contributed by atoms with Crippen molar-refractivity contribution in [3.05, 3.63) is 16.4 Å². The van der Waals surface area contributed by atoms with Crippen molar-refractivity contribution in [3.63, 3.8) is 0 Å². The van der Waals surface area contributed by atoms with Crippen LogP contribution in [0, 0.1) is 10.1 Å². The van der Waals surface area contributed by atoms with Crippen molar-refractivity contribution in [2.75, 3.05) is 11.9 Å². The van der Waals surface area contributed by atoms with Gasteiger partial charge in [-0.2, -0.15) is 0 Å². The molecular formula is C8H15N5O2. The molecule has 0 bridgehead atoms. The second-order valence-corrected chi connectivity index (χ2v) is 3.48. The summed E-state index contributed by atoms with van der Waals surface area (Å²) >= 11 is 0. The maximum atomic E-state index is 10.6. The number of nitro groups is 1. The van der Waals surface area contributed by atoms with Gasteiger partial charge in [-0.05, 0) is 23.3 Å². The SMILES string of the molecule is CC(N)CCNc1c([N+](=O)[O-])ncn1C. The van der Waals surface area contributed by atoms with Crippen LogP contribution in [-0.4, -0.2) is 27.1 Å². The fourth-order valence-electron chi connectivity index (χ4n) is 1.17. The van der Waals surface area contributed by atoms with Crippen molar-refractivity contribution in [1.29, 1.82) is 0 Å². The van der Waals surface area contributed by atoms with E-state index in [1.54, 1.807) is 11.6 Å². The molecule has 1 aromatic rings. The third kappa shape index (κ3) is 2.91. The smallest absolute Gasteiger partial charge is 0.364 e. The van der Waals surface area contributed by atoms with Crippen molar-refractivity contribution in [1.82, 2.24) is 9.55 Å². The lowest BCUT2D eigenvalue weighted by molar-refractivity contribution is -0.388. The van der Waals surface area contributed by atoms with Gasteiger partial charge in [0.2, 0.25) is 12.1 Å². The molecule has 1 atom stereocenters. The number of imidazole rings is 1. The van der Waals surface area contributed by atoms with E-state index < -0.39 is 4.92 Å². The highest BCUT2D eigenvalue weighted by Crippen LogP contribution is 2.20. The van der Waals surface area contributed by atoms with E-state index in [1.807, 2.05) is 6.92 Å². The average molecular weight is 213 g/mol. The lowest BCUT2D eigenvalue weighted by atomic mass is 10.2. The monoisotopic (exact) mass is 213 g/mol. The maximum absolute atomic E-state index is 10.6. The summed E-state index contributed by atoms with van der Waals surface area (Å²) in [4.78, 5) is 13.8. The maximum Gasteiger partial charge on any atom is 0.406 e. The Balaban J connectivity index is 2.66. The minimum atomic E-state index is -0.506. The molecule has 3 N–H and O–H groups in total. The third-order valence-corrected chi connectivity index (χ3v) is 1.98. The summed E-state index contributed by atoms with van der Waals surface area (Å²) in [5.74, 6) is 0.267. The highest BCUT2D eigenvalue weighted by Gasteiger charge is 2.19. The van der Waals surface area contributed by atoms with E-state index in [1.165, 1.54) is 6.33 Å². The molecule has 1 heterocycles. The zero-order valence-electron chi connectivity index (χ0n) is 8.80. The van der Waals surface area contributed by atoms with Gasteiger partial charge < -0.3 is 21.2 Å². The lowest BCUT2D eigenvalue weighted by Gasteiger charge is -2.07. The van der Waals surface area contributed by atoms with Crippen LogP contribution < -0.4 is 11.1 Å². The Morgan fingerprint density at radius 3 is 3.00 bits per heavy atom. The fourth-order valence-corrected chi connectivity index (χ4v) is 1.17. The number of nitrogens with one attached hydrogen (secondary N) is 1. The Kier molecular flexibility index (Phi) is 3.62. The van der Waals surface area contributed by atoms with Crippen LogP contribution in [-0.2, 0) is 7.05 Å². The normalized spacial score (nSPS) is 12.5. The average Bonchev–Trinajstić information content (AvgIpc) is 2.47. The number of aryl methyl sites for hydroxylation is 1. The molecule has 0 radical (unpaired) electrons. The van der Waals surface area contributed by atoms with Crippen LogP contribution >= 0.6 is 0 Å². The van der Waals surface area contributed by atoms with Gasteiger partial charge in [0.25, 0.3) is 0 Å². The molecule has 0 saturated carbocycles. The van der Waals surface area contributed by atoms with Crippen molar-refractivity contribution in [3.8, 4) is 0 Å². The van der Waals surface area contributed by atoms with Gasteiger partial charge in [0, 0.05) is 19.6 Å². The topological polar surface area (TPSA) is 99.0 Å². The summed E-state index contributed by atoms with van der Waals surface area (Å²) in [5.41, 5.74) is 5.57. The number of nitrogens with zero attached hydrogens (tertiary/aromatic N) is 3. The quantitative estimate of drug-likeness (QED) is 0.547. The fraction of sp³-hybridized carbons (Fsp3) is 0.625.